The minimum absolute atomic E-state index is 0.204. The molecule has 0 unspecified atom stereocenters. The topological polar surface area (TPSA) is 62.7 Å². The van der Waals surface area contributed by atoms with Crippen LogP contribution < -0.4 is 10.2 Å². The van der Waals surface area contributed by atoms with Crippen LogP contribution in [0.1, 0.15) is 25.4 Å². The molecule has 0 radical (unpaired) electrons. The van der Waals surface area contributed by atoms with Gasteiger partial charge in [-0.05, 0) is 42.3 Å². The predicted octanol–water partition coefficient (Wildman–Crippen LogP) is 3.41. The highest BCUT2D eigenvalue weighted by Gasteiger charge is 2.37. The lowest BCUT2D eigenvalue weighted by atomic mass is 10.2. The Bertz CT molecular complexity index is 687. The third-order valence-corrected chi connectivity index (χ3v) is 6.06. The molecular weight excluding hydrogens is 323 g/mol. The molecule has 0 spiro atoms. The van der Waals surface area contributed by atoms with Crippen molar-refractivity contribution in [2.45, 2.75) is 19.7 Å². The van der Waals surface area contributed by atoms with Crippen LogP contribution in [-0.4, -0.2) is 30.8 Å². The number of aliphatic hydroxyl groups is 1. The highest BCUT2D eigenvalue weighted by Crippen LogP contribution is 2.57. The van der Waals surface area contributed by atoms with Gasteiger partial charge in [0.15, 0.2) is 5.85 Å². The molecule has 0 fully saturated rings. The second-order valence-electron chi connectivity index (χ2n) is 6.33. The van der Waals surface area contributed by atoms with Crippen LogP contribution in [0.15, 0.2) is 48.7 Å². The van der Waals surface area contributed by atoms with Crippen molar-refractivity contribution in [1.29, 1.82) is 0 Å². The highest BCUT2D eigenvalue weighted by atomic mass is 31.2. The van der Waals surface area contributed by atoms with E-state index in [1.54, 1.807) is 36.5 Å². The Morgan fingerprint density at radius 2 is 1.83 bits per heavy atom. The average Bonchev–Trinajstić information content (AvgIpc) is 2.59. The van der Waals surface area contributed by atoms with Gasteiger partial charge < -0.3 is 14.5 Å². The minimum atomic E-state index is -3.51. The van der Waals surface area contributed by atoms with Crippen molar-refractivity contribution in [3.05, 3.63) is 54.4 Å². The zero-order chi connectivity index (χ0) is 17.7. The number of anilines is 1. The van der Waals surface area contributed by atoms with E-state index in [9.17, 15) is 9.67 Å². The summed E-state index contributed by atoms with van der Waals surface area (Å²) in [6.45, 7) is 4.26. The average molecular weight is 348 g/mol. The molecule has 2 aromatic rings. The molecule has 0 aliphatic rings. The summed E-state index contributed by atoms with van der Waals surface area (Å²) in [5.74, 6) is -1.09. The highest BCUT2D eigenvalue weighted by molar-refractivity contribution is 7.67. The quantitative estimate of drug-likeness (QED) is 0.777. The van der Waals surface area contributed by atoms with Crippen molar-refractivity contribution < 1.29 is 14.2 Å². The standard InChI is InChI=1S/C18H25N2O3P/c1-14(2)13-23-24(22,18(21)17-7-5-6-12-19-17)16-10-8-15(9-11-16)20(3)4/h5-12,14,18,21H,13H2,1-4H3/t18-,24-/m0/s1. The zero-order valence-corrected chi connectivity index (χ0v) is 15.5. The molecule has 130 valence electrons. The third kappa shape index (κ3) is 4.23. The van der Waals surface area contributed by atoms with Crippen molar-refractivity contribution >= 4 is 18.4 Å². The van der Waals surface area contributed by atoms with Gasteiger partial charge in [0.1, 0.15) is 0 Å². The summed E-state index contributed by atoms with van der Waals surface area (Å²) in [4.78, 5) is 6.09. The zero-order valence-electron chi connectivity index (χ0n) is 14.6. The second kappa shape index (κ2) is 7.93. The first-order valence-electron chi connectivity index (χ1n) is 7.96. The van der Waals surface area contributed by atoms with Crippen LogP contribution in [0.2, 0.25) is 0 Å². The lowest BCUT2D eigenvalue weighted by molar-refractivity contribution is 0.200. The van der Waals surface area contributed by atoms with Crippen molar-refractivity contribution in [2.75, 3.05) is 25.6 Å². The van der Waals surface area contributed by atoms with Gasteiger partial charge in [0, 0.05) is 31.3 Å². The molecule has 0 amide bonds. The second-order valence-corrected chi connectivity index (χ2v) is 8.78. The maximum Gasteiger partial charge on any atom is 0.265 e. The Balaban J connectivity index is 2.41. The van der Waals surface area contributed by atoms with Gasteiger partial charge in [0.2, 0.25) is 0 Å². The Morgan fingerprint density at radius 1 is 1.17 bits per heavy atom. The summed E-state index contributed by atoms with van der Waals surface area (Å²) in [5.41, 5.74) is 1.34. The van der Waals surface area contributed by atoms with E-state index in [2.05, 4.69) is 4.98 Å². The first kappa shape index (κ1) is 18.7. The van der Waals surface area contributed by atoms with E-state index in [-0.39, 0.29) is 5.92 Å². The summed E-state index contributed by atoms with van der Waals surface area (Å²) in [7, 11) is 0.360. The molecular formula is C18H25N2O3P. The van der Waals surface area contributed by atoms with Crippen LogP contribution in [0.5, 0.6) is 0 Å². The fourth-order valence-electron chi connectivity index (χ4n) is 2.21. The summed E-state index contributed by atoms with van der Waals surface area (Å²) < 4.78 is 19.3. The molecule has 1 heterocycles. The van der Waals surface area contributed by atoms with Gasteiger partial charge in [0.05, 0.1) is 12.3 Å². The van der Waals surface area contributed by atoms with Crippen molar-refractivity contribution in [2.24, 2.45) is 5.92 Å². The Morgan fingerprint density at radius 3 is 2.33 bits per heavy atom. The molecule has 24 heavy (non-hydrogen) atoms. The molecule has 0 aliphatic carbocycles. The number of aliphatic hydroxyl groups excluding tert-OH is 1. The smallest absolute Gasteiger partial charge is 0.265 e. The van der Waals surface area contributed by atoms with Crippen LogP contribution in [-0.2, 0) is 9.09 Å². The van der Waals surface area contributed by atoms with Gasteiger partial charge >= 0.3 is 0 Å². The van der Waals surface area contributed by atoms with Crippen LogP contribution in [0.4, 0.5) is 5.69 Å². The first-order chi connectivity index (χ1) is 11.3. The molecule has 1 aromatic carbocycles. The number of aromatic nitrogens is 1. The van der Waals surface area contributed by atoms with E-state index in [1.165, 1.54) is 0 Å². The predicted molar refractivity (Wildman–Crippen MR) is 98.0 cm³/mol. The van der Waals surface area contributed by atoms with Gasteiger partial charge in [-0.25, -0.2) is 0 Å². The van der Waals surface area contributed by atoms with Crippen LogP contribution in [0.3, 0.4) is 0 Å². The molecule has 5 nitrogen and oxygen atoms in total. The lowest BCUT2D eigenvalue weighted by Gasteiger charge is -2.25. The van der Waals surface area contributed by atoms with E-state index in [0.29, 0.717) is 17.6 Å². The molecule has 1 N–H and O–H groups in total. The Labute approximate surface area is 143 Å². The Kier molecular flexibility index (Phi) is 6.16. The molecule has 2 atom stereocenters. The number of hydrogen-bond acceptors (Lipinski definition) is 5. The first-order valence-corrected chi connectivity index (χ1v) is 9.65. The van der Waals surface area contributed by atoms with E-state index < -0.39 is 13.2 Å². The van der Waals surface area contributed by atoms with Gasteiger partial charge in [-0.3, -0.25) is 9.55 Å². The summed E-state index contributed by atoms with van der Waals surface area (Å²) in [5, 5.41) is 11.2. The summed E-state index contributed by atoms with van der Waals surface area (Å²) in [6, 6.07) is 12.4. The molecule has 6 heteroatoms. The Hall–Kier alpha value is -1.68. The molecule has 0 saturated carbocycles. The summed E-state index contributed by atoms with van der Waals surface area (Å²) >= 11 is 0. The molecule has 0 aliphatic heterocycles. The number of nitrogens with zero attached hydrogens (tertiary/aromatic N) is 2. The SMILES string of the molecule is CC(C)CO[P@@](=O)(c1ccc(N(C)C)cc1)[C@H](O)c1ccccn1. The van der Waals surface area contributed by atoms with Gasteiger partial charge in [-0.2, -0.15) is 0 Å². The minimum Gasteiger partial charge on any atom is -0.378 e. The number of hydrogen-bond donors (Lipinski definition) is 1. The van der Waals surface area contributed by atoms with E-state index in [0.717, 1.165) is 5.69 Å². The van der Waals surface area contributed by atoms with Crippen LogP contribution in [0, 0.1) is 5.92 Å². The summed E-state index contributed by atoms with van der Waals surface area (Å²) in [6.07, 6.45) is 1.57. The van der Waals surface area contributed by atoms with Crippen LogP contribution >= 0.6 is 7.37 Å². The van der Waals surface area contributed by atoms with Gasteiger partial charge in [0.25, 0.3) is 7.37 Å². The largest absolute Gasteiger partial charge is 0.378 e. The van der Waals surface area contributed by atoms with Crippen molar-refractivity contribution in [3.8, 4) is 0 Å². The van der Waals surface area contributed by atoms with E-state index in [4.69, 9.17) is 4.52 Å². The van der Waals surface area contributed by atoms with E-state index >= 15 is 0 Å². The monoisotopic (exact) mass is 348 g/mol. The number of pyridine rings is 1. The fourth-order valence-corrected chi connectivity index (χ4v) is 4.37. The van der Waals surface area contributed by atoms with Crippen molar-refractivity contribution in [1.82, 2.24) is 4.98 Å². The molecule has 1 aromatic heterocycles. The van der Waals surface area contributed by atoms with Crippen LogP contribution in [0.25, 0.3) is 0 Å². The lowest BCUT2D eigenvalue weighted by Crippen LogP contribution is -2.18. The van der Waals surface area contributed by atoms with Gasteiger partial charge in [-0.15, -0.1) is 0 Å². The molecule has 2 rings (SSSR count). The number of benzene rings is 1. The third-order valence-electron chi connectivity index (χ3n) is 3.60. The maximum absolute atomic E-state index is 13.6. The molecule has 0 saturated heterocycles. The van der Waals surface area contributed by atoms with Crippen molar-refractivity contribution in [3.63, 3.8) is 0 Å². The normalized spacial score (nSPS) is 15.1. The maximum atomic E-state index is 13.6. The van der Waals surface area contributed by atoms with E-state index in [1.807, 2.05) is 45.0 Å². The van der Waals surface area contributed by atoms with Gasteiger partial charge in [-0.1, -0.05) is 19.9 Å². The molecule has 0 bridgehead atoms. The number of rotatable bonds is 7. The fraction of sp³-hybridized carbons (Fsp3) is 0.389.